The normalized spacial score (nSPS) is 11.6. The van der Waals surface area contributed by atoms with E-state index >= 15 is 0 Å². The second-order valence-corrected chi connectivity index (χ2v) is 5.51. The molecule has 0 bridgehead atoms. The van der Waals surface area contributed by atoms with Crippen molar-refractivity contribution in [1.29, 1.82) is 5.26 Å². The highest BCUT2D eigenvalue weighted by atomic mass is 35.5. The largest absolute Gasteiger partial charge is 0.497 e. The van der Waals surface area contributed by atoms with Crippen molar-refractivity contribution in [3.05, 3.63) is 65.2 Å². The van der Waals surface area contributed by atoms with E-state index < -0.39 is 17.6 Å². The van der Waals surface area contributed by atoms with Crippen molar-refractivity contribution in [2.45, 2.75) is 0 Å². The van der Waals surface area contributed by atoms with Gasteiger partial charge in [0.05, 0.1) is 13.2 Å². The van der Waals surface area contributed by atoms with Crippen LogP contribution in [-0.2, 0) is 9.59 Å². The number of carbonyl (C=O) groups is 2. The molecule has 2 rings (SSSR count). The molecule has 0 aliphatic heterocycles. The van der Waals surface area contributed by atoms with E-state index in [0.29, 0.717) is 16.5 Å². The van der Waals surface area contributed by atoms with E-state index in [1.807, 2.05) is 0 Å². The minimum Gasteiger partial charge on any atom is -0.497 e. The summed E-state index contributed by atoms with van der Waals surface area (Å²) in [6.45, 7) is 0. The SMILES string of the molecule is COc1cccc(NC(=O)C(C#N)C(=O)/C=C/c2ccc(Cl)cc2)c1. The molecule has 0 saturated heterocycles. The van der Waals surface area contributed by atoms with Crippen molar-refractivity contribution >= 4 is 35.1 Å². The number of anilines is 1. The molecule has 0 heterocycles. The third kappa shape index (κ3) is 5.20. The van der Waals surface area contributed by atoms with Gasteiger partial charge in [-0.2, -0.15) is 5.26 Å². The number of halogens is 1. The van der Waals surface area contributed by atoms with Crippen LogP contribution in [0.4, 0.5) is 5.69 Å². The number of nitrogens with one attached hydrogen (secondary N) is 1. The van der Waals surface area contributed by atoms with Crippen LogP contribution in [0.25, 0.3) is 6.08 Å². The predicted molar refractivity (Wildman–Crippen MR) is 96.2 cm³/mol. The van der Waals surface area contributed by atoms with E-state index in [2.05, 4.69) is 5.32 Å². The van der Waals surface area contributed by atoms with Crippen molar-refractivity contribution in [1.82, 2.24) is 0 Å². The molecule has 126 valence electrons. The van der Waals surface area contributed by atoms with Gasteiger partial charge in [-0.3, -0.25) is 9.59 Å². The number of benzene rings is 2. The second-order valence-electron chi connectivity index (χ2n) is 5.07. The lowest BCUT2D eigenvalue weighted by atomic mass is 10.0. The number of allylic oxidation sites excluding steroid dienone is 1. The van der Waals surface area contributed by atoms with Crippen LogP contribution >= 0.6 is 11.6 Å². The Labute approximate surface area is 150 Å². The van der Waals surface area contributed by atoms with Crippen molar-refractivity contribution < 1.29 is 14.3 Å². The van der Waals surface area contributed by atoms with Gasteiger partial charge in [0.1, 0.15) is 5.75 Å². The van der Waals surface area contributed by atoms with Crippen LogP contribution < -0.4 is 10.1 Å². The summed E-state index contributed by atoms with van der Waals surface area (Å²) in [6, 6.07) is 15.2. The quantitative estimate of drug-likeness (QED) is 0.633. The molecule has 0 radical (unpaired) electrons. The molecule has 0 saturated carbocycles. The van der Waals surface area contributed by atoms with Gasteiger partial charge in [-0.25, -0.2) is 0 Å². The van der Waals surface area contributed by atoms with Gasteiger partial charge in [-0.05, 0) is 35.9 Å². The highest BCUT2D eigenvalue weighted by Crippen LogP contribution is 2.18. The Morgan fingerprint density at radius 3 is 2.60 bits per heavy atom. The van der Waals surface area contributed by atoms with Gasteiger partial charge >= 0.3 is 0 Å². The Hall–Kier alpha value is -3.10. The average Bonchev–Trinajstić information content (AvgIpc) is 2.62. The number of carbonyl (C=O) groups excluding carboxylic acids is 2. The molecule has 1 N–H and O–H groups in total. The first-order chi connectivity index (χ1) is 12.0. The number of nitriles is 1. The van der Waals surface area contributed by atoms with Gasteiger partial charge in [0, 0.05) is 16.8 Å². The molecule has 2 aromatic rings. The molecule has 1 atom stereocenters. The molecular weight excluding hydrogens is 340 g/mol. The molecule has 25 heavy (non-hydrogen) atoms. The Kier molecular flexibility index (Phi) is 6.33. The first-order valence-corrected chi connectivity index (χ1v) is 7.73. The van der Waals surface area contributed by atoms with Crippen LogP contribution in [0.1, 0.15) is 5.56 Å². The second kappa shape index (κ2) is 8.67. The van der Waals surface area contributed by atoms with E-state index in [1.54, 1.807) is 54.6 Å². The lowest BCUT2D eigenvalue weighted by Crippen LogP contribution is -2.27. The number of methoxy groups -OCH3 is 1. The van der Waals surface area contributed by atoms with E-state index in [9.17, 15) is 14.9 Å². The zero-order valence-corrected chi connectivity index (χ0v) is 14.2. The highest BCUT2D eigenvalue weighted by molar-refractivity contribution is 6.30. The number of rotatable bonds is 6. The summed E-state index contributed by atoms with van der Waals surface area (Å²) in [5.74, 6) is -2.17. The van der Waals surface area contributed by atoms with Crippen LogP contribution in [0.5, 0.6) is 5.75 Å². The average molecular weight is 355 g/mol. The molecule has 6 heteroatoms. The van der Waals surface area contributed by atoms with Gasteiger partial charge in [-0.1, -0.05) is 35.9 Å². The zero-order chi connectivity index (χ0) is 18.2. The van der Waals surface area contributed by atoms with E-state index in [1.165, 1.54) is 19.3 Å². The standard InChI is InChI=1S/C19H15ClN2O3/c1-25-16-4-2-3-15(11-16)22-19(24)17(12-21)18(23)10-7-13-5-8-14(20)9-6-13/h2-11,17H,1H3,(H,22,24)/b10-7+. The minimum atomic E-state index is -1.44. The summed E-state index contributed by atoms with van der Waals surface area (Å²) in [6.07, 6.45) is 2.74. The highest BCUT2D eigenvalue weighted by Gasteiger charge is 2.24. The Bertz CT molecular complexity index is 838. The Balaban J connectivity index is 2.06. The number of amides is 1. The number of nitrogens with zero attached hydrogens (tertiary/aromatic N) is 1. The van der Waals surface area contributed by atoms with Crippen molar-refractivity contribution in [3.8, 4) is 11.8 Å². The van der Waals surface area contributed by atoms with Crippen LogP contribution in [0.3, 0.4) is 0 Å². The smallest absolute Gasteiger partial charge is 0.249 e. The van der Waals surface area contributed by atoms with E-state index in [-0.39, 0.29) is 0 Å². The number of hydrogen-bond acceptors (Lipinski definition) is 4. The summed E-state index contributed by atoms with van der Waals surface area (Å²) in [5.41, 5.74) is 1.18. The molecule has 5 nitrogen and oxygen atoms in total. The molecule has 0 spiro atoms. The van der Waals surface area contributed by atoms with Gasteiger partial charge in [-0.15, -0.1) is 0 Å². The maximum absolute atomic E-state index is 12.2. The number of ether oxygens (including phenoxy) is 1. The molecule has 0 aliphatic carbocycles. The number of ketones is 1. The van der Waals surface area contributed by atoms with E-state index in [0.717, 1.165) is 5.56 Å². The van der Waals surface area contributed by atoms with Crippen molar-refractivity contribution in [2.75, 3.05) is 12.4 Å². The number of hydrogen-bond donors (Lipinski definition) is 1. The monoisotopic (exact) mass is 354 g/mol. The zero-order valence-electron chi connectivity index (χ0n) is 13.4. The van der Waals surface area contributed by atoms with Crippen LogP contribution in [-0.4, -0.2) is 18.8 Å². The lowest BCUT2D eigenvalue weighted by molar-refractivity contribution is -0.126. The fraction of sp³-hybridized carbons (Fsp3) is 0.105. The maximum Gasteiger partial charge on any atom is 0.249 e. The summed E-state index contributed by atoms with van der Waals surface area (Å²) >= 11 is 5.79. The Morgan fingerprint density at radius 2 is 1.96 bits per heavy atom. The molecule has 1 amide bonds. The summed E-state index contributed by atoms with van der Waals surface area (Å²) in [4.78, 5) is 24.3. The fourth-order valence-electron chi connectivity index (χ4n) is 2.02. The van der Waals surface area contributed by atoms with Crippen LogP contribution in [0.15, 0.2) is 54.6 Å². The third-order valence-corrected chi connectivity index (χ3v) is 3.58. The van der Waals surface area contributed by atoms with Crippen LogP contribution in [0.2, 0.25) is 5.02 Å². The summed E-state index contributed by atoms with van der Waals surface area (Å²) < 4.78 is 5.06. The first kappa shape index (κ1) is 18.2. The van der Waals surface area contributed by atoms with E-state index in [4.69, 9.17) is 16.3 Å². The van der Waals surface area contributed by atoms with Gasteiger partial charge < -0.3 is 10.1 Å². The van der Waals surface area contributed by atoms with Crippen molar-refractivity contribution in [2.24, 2.45) is 5.92 Å². The predicted octanol–water partition coefficient (Wildman–Crippen LogP) is 3.71. The first-order valence-electron chi connectivity index (χ1n) is 7.35. The molecule has 1 unspecified atom stereocenters. The van der Waals surface area contributed by atoms with Gasteiger partial charge in [0.15, 0.2) is 11.7 Å². The van der Waals surface area contributed by atoms with Crippen molar-refractivity contribution in [3.63, 3.8) is 0 Å². The fourth-order valence-corrected chi connectivity index (χ4v) is 2.14. The molecule has 0 aromatic heterocycles. The third-order valence-electron chi connectivity index (χ3n) is 3.32. The molecule has 2 aromatic carbocycles. The topological polar surface area (TPSA) is 79.2 Å². The van der Waals surface area contributed by atoms with Crippen LogP contribution in [0, 0.1) is 17.2 Å². The lowest BCUT2D eigenvalue weighted by Gasteiger charge is -2.09. The maximum atomic E-state index is 12.2. The van der Waals surface area contributed by atoms with Gasteiger partial charge in [0.25, 0.3) is 0 Å². The van der Waals surface area contributed by atoms with Gasteiger partial charge in [0.2, 0.25) is 5.91 Å². The molecule has 0 fully saturated rings. The molecule has 0 aliphatic rings. The summed E-state index contributed by atoms with van der Waals surface area (Å²) in [5, 5.41) is 12.3. The minimum absolute atomic E-state index is 0.444. The summed E-state index contributed by atoms with van der Waals surface area (Å²) in [7, 11) is 1.50. The Morgan fingerprint density at radius 1 is 1.24 bits per heavy atom. The molecular formula is C19H15ClN2O3.